The summed E-state index contributed by atoms with van der Waals surface area (Å²) in [5, 5.41) is 3.17. The molecule has 0 heterocycles. The summed E-state index contributed by atoms with van der Waals surface area (Å²) in [6.45, 7) is 2.44. The van der Waals surface area contributed by atoms with E-state index in [0.717, 1.165) is 10.0 Å². The van der Waals surface area contributed by atoms with Crippen molar-refractivity contribution in [2.75, 3.05) is 19.3 Å². The molecule has 0 spiro atoms. The van der Waals surface area contributed by atoms with Gasteiger partial charge in [-0.25, -0.2) is 13.1 Å². The molecule has 0 amide bonds. The molecule has 1 rings (SSSR count). The average Bonchev–Trinajstić information content (AvgIpc) is 2.29. The first-order valence-electron chi connectivity index (χ1n) is 5.34. The van der Waals surface area contributed by atoms with Gasteiger partial charge in [0.05, 0.1) is 5.75 Å². The zero-order valence-electron chi connectivity index (χ0n) is 9.90. The van der Waals surface area contributed by atoms with Crippen molar-refractivity contribution in [1.29, 1.82) is 0 Å². The van der Waals surface area contributed by atoms with Crippen molar-refractivity contribution in [3.05, 3.63) is 34.3 Å². The lowest BCUT2D eigenvalue weighted by Crippen LogP contribution is -2.30. The van der Waals surface area contributed by atoms with E-state index in [1.807, 2.05) is 31.2 Å². The van der Waals surface area contributed by atoms with Gasteiger partial charge < -0.3 is 5.32 Å². The van der Waals surface area contributed by atoms with Crippen LogP contribution < -0.4 is 10.0 Å². The third-order valence-corrected chi connectivity index (χ3v) is 4.39. The largest absolute Gasteiger partial charge is 0.309 e. The van der Waals surface area contributed by atoms with Crippen LogP contribution in [0.1, 0.15) is 18.5 Å². The molecule has 0 fully saturated rings. The van der Waals surface area contributed by atoms with Gasteiger partial charge >= 0.3 is 0 Å². The molecule has 1 aromatic rings. The van der Waals surface area contributed by atoms with Crippen molar-refractivity contribution in [1.82, 2.24) is 10.0 Å². The number of rotatable bonds is 6. The van der Waals surface area contributed by atoms with E-state index in [2.05, 4.69) is 26.0 Å². The Balaban J connectivity index is 2.45. The molecule has 0 saturated carbocycles. The molecule has 2 N–H and O–H groups in total. The smallest absolute Gasteiger partial charge is 0.212 e. The minimum atomic E-state index is -3.12. The fourth-order valence-corrected chi connectivity index (χ4v) is 2.24. The van der Waals surface area contributed by atoms with Crippen molar-refractivity contribution >= 4 is 26.0 Å². The summed E-state index contributed by atoms with van der Waals surface area (Å²) in [7, 11) is -1.70. The second-order valence-electron chi connectivity index (χ2n) is 3.75. The summed E-state index contributed by atoms with van der Waals surface area (Å²) in [5.74, 6) is 0.0877. The highest BCUT2D eigenvalue weighted by Gasteiger charge is 2.08. The lowest BCUT2D eigenvalue weighted by atomic mass is 10.1. The Morgan fingerprint density at radius 2 is 1.88 bits per heavy atom. The number of hydrogen-bond donors (Lipinski definition) is 2. The van der Waals surface area contributed by atoms with Gasteiger partial charge in [0.25, 0.3) is 0 Å². The van der Waals surface area contributed by atoms with Crippen LogP contribution in [-0.2, 0) is 10.0 Å². The quantitative estimate of drug-likeness (QED) is 0.838. The minimum absolute atomic E-state index is 0.0877. The number of sulfonamides is 1. The minimum Gasteiger partial charge on any atom is -0.309 e. The van der Waals surface area contributed by atoms with Gasteiger partial charge in [-0.3, -0.25) is 0 Å². The van der Waals surface area contributed by atoms with Crippen molar-refractivity contribution in [2.45, 2.75) is 13.0 Å². The van der Waals surface area contributed by atoms with E-state index in [9.17, 15) is 8.42 Å². The zero-order chi connectivity index (χ0) is 12.9. The van der Waals surface area contributed by atoms with E-state index in [-0.39, 0.29) is 11.8 Å². The lowest BCUT2D eigenvalue weighted by molar-refractivity contribution is 0.567. The number of hydrogen-bond acceptors (Lipinski definition) is 3. The van der Waals surface area contributed by atoms with Crippen LogP contribution in [0.5, 0.6) is 0 Å². The van der Waals surface area contributed by atoms with Crippen LogP contribution in [0.25, 0.3) is 0 Å². The third-order valence-electron chi connectivity index (χ3n) is 2.50. The van der Waals surface area contributed by atoms with E-state index in [0.29, 0.717) is 6.54 Å². The van der Waals surface area contributed by atoms with Gasteiger partial charge in [0.1, 0.15) is 0 Å². The molecule has 17 heavy (non-hydrogen) atoms. The summed E-state index contributed by atoms with van der Waals surface area (Å²) in [4.78, 5) is 0. The topological polar surface area (TPSA) is 58.2 Å². The fourth-order valence-electron chi connectivity index (χ4n) is 1.38. The number of benzene rings is 1. The Morgan fingerprint density at radius 3 is 2.41 bits per heavy atom. The second kappa shape index (κ2) is 6.49. The molecule has 0 aromatic heterocycles. The van der Waals surface area contributed by atoms with Crippen LogP contribution in [0, 0.1) is 0 Å². The standard InChI is InChI=1S/C11H17BrN2O2S/c1-9(10-3-5-11(12)6-4-10)14-7-8-17(15,16)13-2/h3-6,9,13-14H,7-8H2,1-2H3. The van der Waals surface area contributed by atoms with Gasteiger partial charge in [0.2, 0.25) is 10.0 Å². The van der Waals surface area contributed by atoms with Crippen LogP contribution in [0.15, 0.2) is 28.7 Å². The van der Waals surface area contributed by atoms with E-state index >= 15 is 0 Å². The maximum atomic E-state index is 11.2. The predicted molar refractivity (Wildman–Crippen MR) is 73.4 cm³/mol. The van der Waals surface area contributed by atoms with Crippen molar-refractivity contribution < 1.29 is 8.42 Å². The highest BCUT2D eigenvalue weighted by atomic mass is 79.9. The molecular weight excluding hydrogens is 304 g/mol. The Bertz CT molecular complexity index is 445. The summed E-state index contributed by atoms with van der Waals surface area (Å²) >= 11 is 3.37. The van der Waals surface area contributed by atoms with Crippen molar-refractivity contribution in [3.63, 3.8) is 0 Å². The van der Waals surface area contributed by atoms with E-state index in [1.165, 1.54) is 7.05 Å². The molecule has 1 unspecified atom stereocenters. The summed E-state index contributed by atoms with van der Waals surface area (Å²) < 4.78 is 25.7. The average molecular weight is 321 g/mol. The van der Waals surface area contributed by atoms with Crippen LogP contribution in [0.2, 0.25) is 0 Å². The Hall–Kier alpha value is -0.430. The zero-order valence-corrected chi connectivity index (χ0v) is 12.3. The van der Waals surface area contributed by atoms with Crippen molar-refractivity contribution in [2.24, 2.45) is 0 Å². The first-order valence-corrected chi connectivity index (χ1v) is 7.79. The third kappa shape index (κ3) is 5.16. The molecule has 1 atom stereocenters. The molecule has 4 nitrogen and oxygen atoms in total. The molecule has 0 saturated heterocycles. The normalized spacial score (nSPS) is 13.6. The maximum absolute atomic E-state index is 11.2. The van der Waals surface area contributed by atoms with Gasteiger partial charge in [-0.1, -0.05) is 28.1 Å². The SMILES string of the molecule is CNS(=O)(=O)CCNC(C)c1ccc(Br)cc1. The second-order valence-corrected chi connectivity index (χ2v) is 6.71. The number of nitrogens with one attached hydrogen (secondary N) is 2. The van der Waals surface area contributed by atoms with Crippen LogP contribution in [0.4, 0.5) is 0 Å². The molecule has 0 aliphatic carbocycles. The molecule has 6 heteroatoms. The molecule has 0 aliphatic rings. The summed E-state index contributed by atoms with van der Waals surface area (Å²) in [6, 6.07) is 8.09. The Morgan fingerprint density at radius 1 is 1.29 bits per heavy atom. The van der Waals surface area contributed by atoms with Gasteiger partial charge in [0.15, 0.2) is 0 Å². The molecule has 0 bridgehead atoms. The number of halogens is 1. The van der Waals surface area contributed by atoms with Crippen LogP contribution >= 0.6 is 15.9 Å². The molecule has 0 aliphatic heterocycles. The predicted octanol–water partition coefficient (Wildman–Crippen LogP) is 1.65. The monoisotopic (exact) mass is 320 g/mol. The van der Waals surface area contributed by atoms with Crippen LogP contribution in [-0.4, -0.2) is 27.8 Å². The van der Waals surface area contributed by atoms with E-state index < -0.39 is 10.0 Å². The highest BCUT2D eigenvalue weighted by molar-refractivity contribution is 9.10. The first kappa shape index (κ1) is 14.6. The molecule has 1 aromatic carbocycles. The first-order chi connectivity index (χ1) is 7.94. The van der Waals surface area contributed by atoms with Crippen molar-refractivity contribution in [3.8, 4) is 0 Å². The highest BCUT2D eigenvalue weighted by Crippen LogP contribution is 2.16. The molecule has 96 valence electrons. The molecular formula is C11H17BrN2O2S. The van der Waals surface area contributed by atoms with Gasteiger partial charge in [-0.05, 0) is 31.7 Å². The lowest BCUT2D eigenvalue weighted by Gasteiger charge is -2.14. The van der Waals surface area contributed by atoms with E-state index in [4.69, 9.17) is 0 Å². The van der Waals surface area contributed by atoms with Gasteiger partial charge in [-0.15, -0.1) is 0 Å². The maximum Gasteiger partial charge on any atom is 0.212 e. The van der Waals surface area contributed by atoms with Crippen LogP contribution in [0.3, 0.4) is 0 Å². The van der Waals surface area contributed by atoms with Gasteiger partial charge in [0, 0.05) is 17.1 Å². The summed E-state index contributed by atoms with van der Waals surface area (Å²) in [6.07, 6.45) is 0. The summed E-state index contributed by atoms with van der Waals surface area (Å²) in [5.41, 5.74) is 1.13. The fraction of sp³-hybridized carbons (Fsp3) is 0.455. The Labute approximate surface area is 111 Å². The van der Waals surface area contributed by atoms with Gasteiger partial charge in [-0.2, -0.15) is 0 Å². The van der Waals surface area contributed by atoms with E-state index in [1.54, 1.807) is 0 Å². The molecule has 0 radical (unpaired) electrons. The Kier molecular flexibility index (Phi) is 5.58.